The lowest BCUT2D eigenvalue weighted by molar-refractivity contribution is -0.168. The fraction of sp³-hybridized carbons (Fsp3) is 0.812. The molecule has 5 nitrogen and oxygen atoms in total. The Balaban J connectivity index is 1.45. The molecule has 1 aliphatic rings. The van der Waals surface area contributed by atoms with Gasteiger partial charge in [0, 0.05) is 20.8 Å². The Labute approximate surface area is 227 Å². The second-order valence-electron chi connectivity index (χ2n) is 10.6. The highest BCUT2D eigenvalue weighted by atomic mass is 16.7. The van der Waals surface area contributed by atoms with Gasteiger partial charge in [-0.1, -0.05) is 134 Å². The zero-order chi connectivity index (χ0) is 26.4. The summed E-state index contributed by atoms with van der Waals surface area (Å²) in [5, 5.41) is 0. The molecule has 214 valence electrons. The zero-order valence-corrected chi connectivity index (χ0v) is 24.2. The van der Waals surface area contributed by atoms with E-state index in [1.54, 1.807) is 14.2 Å². The molecule has 1 heterocycles. The van der Waals surface area contributed by atoms with Crippen LogP contribution in [0.4, 0.5) is 0 Å². The van der Waals surface area contributed by atoms with Crippen LogP contribution in [-0.2, 0) is 30.3 Å². The van der Waals surface area contributed by atoms with Gasteiger partial charge in [-0.05, 0) is 12.0 Å². The van der Waals surface area contributed by atoms with E-state index in [-0.39, 0.29) is 18.3 Å². The third-order valence-corrected chi connectivity index (χ3v) is 7.47. The van der Waals surface area contributed by atoms with Gasteiger partial charge >= 0.3 is 0 Å². The smallest absolute Gasteiger partial charge is 0.186 e. The minimum absolute atomic E-state index is 0.193. The summed E-state index contributed by atoms with van der Waals surface area (Å²) in [5.74, 6) is 0. The fourth-order valence-corrected chi connectivity index (χ4v) is 5.21. The van der Waals surface area contributed by atoms with E-state index in [1.807, 2.05) is 18.2 Å². The molecule has 0 aromatic heterocycles. The first-order valence-electron chi connectivity index (χ1n) is 15.2. The van der Waals surface area contributed by atoms with Crippen LogP contribution < -0.4 is 0 Å². The van der Waals surface area contributed by atoms with Gasteiger partial charge < -0.3 is 23.7 Å². The Morgan fingerprint density at radius 1 is 0.649 bits per heavy atom. The van der Waals surface area contributed by atoms with Gasteiger partial charge in [0.05, 0.1) is 13.2 Å². The molecule has 1 unspecified atom stereocenters. The average molecular weight is 521 g/mol. The Kier molecular flexibility index (Phi) is 19.1. The van der Waals surface area contributed by atoms with Crippen molar-refractivity contribution in [1.82, 2.24) is 0 Å². The quantitative estimate of drug-likeness (QED) is 0.128. The number of rotatable bonds is 24. The van der Waals surface area contributed by atoms with Gasteiger partial charge in [-0.2, -0.15) is 0 Å². The van der Waals surface area contributed by atoms with E-state index < -0.39 is 6.29 Å². The van der Waals surface area contributed by atoms with E-state index in [0.717, 1.165) is 12.0 Å². The molecule has 5 heteroatoms. The Bertz CT molecular complexity index is 625. The summed E-state index contributed by atoms with van der Waals surface area (Å²) in [4.78, 5) is 0. The minimum atomic E-state index is -0.420. The molecule has 1 fully saturated rings. The largest absolute Gasteiger partial charge is 0.376 e. The van der Waals surface area contributed by atoms with Crippen molar-refractivity contribution in [3.05, 3.63) is 35.9 Å². The van der Waals surface area contributed by atoms with Gasteiger partial charge in [-0.3, -0.25) is 0 Å². The summed E-state index contributed by atoms with van der Waals surface area (Å²) in [6.45, 7) is 4.01. The Morgan fingerprint density at radius 2 is 1.19 bits per heavy atom. The lowest BCUT2D eigenvalue weighted by Gasteiger charge is -2.22. The molecule has 37 heavy (non-hydrogen) atoms. The Morgan fingerprint density at radius 3 is 1.70 bits per heavy atom. The lowest BCUT2D eigenvalue weighted by atomic mass is 10.0. The maximum Gasteiger partial charge on any atom is 0.186 e. The van der Waals surface area contributed by atoms with Crippen LogP contribution in [0.25, 0.3) is 0 Å². The summed E-state index contributed by atoms with van der Waals surface area (Å²) < 4.78 is 29.4. The fourth-order valence-electron chi connectivity index (χ4n) is 5.21. The molecule has 1 aromatic carbocycles. The third kappa shape index (κ3) is 14.1. The SMILES string of the molecule is CCCCCCCCCCCCCCCCCCO[C@H]1C(OC)O[C@H](COCc2ccccc2)[C@@H]1OC. The van der Waals surface area contributed by atoms with Gasteiger partial charge in [0.1, 0.15) is 18.3 Å². The number of hydrogen-bond acceptors (Lipinski definition) is 5. The summed E-state index contributed by atoms with van der Waals surface area (Å²) in [6, 6.07) is 10.2. The summed E-state index contributed by atoms with van der Waals surface area (Å²) >= 11 is 0. The predicted molar refractivity (Wildman–Crippen MR) is 152 cm³/mol. The van der Waals surface area contributed by atoms with Crippen molar-refractivity contribution in [2.24, 2.45) is 0 Å². The molecule has 1 saturated heterocycles. The Hall–Kier alpha value is -0.980. The molecule has 4 atom stereocenters. The van der Waals surface area contributed by atoms with Crippen molar-refractivity contribution in [2.75, 3.05) is 27.4 Å². The van der Waals surface area contributed by atoms with Crippen LogP contribution in [0.15, 0.2) is 30.3 Å². The van der Waals surface area contributed by atoms with Crippen molar-refractivity contribution in [1.29, 1.82) is 0 Å². The molecule has 0 radical (unpaired) electrons. The van der Waals surface area contributed by atoms with Gasteiger partial charge in [0.15, 0.2) is 6.29 Å². The van der Waals surface area contributed by atoms with E-state index >= 15 is 0 Å². The standard InChI is InChI=1S/C32H56O5/c1-4-5-6-7-8-9-10-11-12-13-14-15-16-17-18-22-25-36-31-30(33-2)29(37-32(31)34-3)27-35-26-28-23-20-19-21-24-28/h19-21,23-24,29-32H,4-18,22,25-27H2,1-3H3/t29-,30+,31-,32?/m1/s1. The second-order valence-corrected chi connectivity index (χ2v) is 10.6. The van der Waals surface area contributed by atoms with Crippen LogP contribution in [0.2, 0.25) is 0 Å². The van der Waals surface area contributed by atoms with Crippen molar-refractivity contribution in [2.45, 2.75) is 141 Å². The van der Waals surface area contributed by atoms with Crippen LogP contribution >= 0.6 is 0 Å². The molecular formula is C32H56O5. The predicted octanol–water partition coefficient (Wildman–Crippen LogP) is 8.24. The molecular weight excluding hydrogens is 464 g/mol. The normalized spacial score (nSPS) is 21.6. The number of ether oxygens (including phenoxy) is 5. The summed E-state index contributed by atoms with van der Waals surface area (Å²) in [6.07, 6.45) is 20.9. The van der Waals surface area contributed by atoms with E-state index in [0.29, 0.717) is 19.8 Å². The van der Waals surface area contributed by atoms with Crippen molar-refractivity contribution in [3.8, 4) is 0 Å². The molecule has 1 aliphatic heterocycles. The number of unbranched alkanes of at least 4 members (excludes halogenated alkanes) is 15. The first-order chi connectivity index (χ1) is 18.3. The summed E-state index contributed by atoms with van der Waals surface area (Å²) in [7, 11) is 3.37. The molecule has 1 aromatic rings. The van der Waals surface area contributed by atoms with Crippen LogP contribution in [0.1, 0.15) is 115 Å². The maximum atomic E-state index is 6.19. The monoisotopic (exact) mass is 520 g/mol. The van der Waals surface area contributed by atoms with Crippen LogP contribution in [0.5, 0.6) is 0 Å². The number of benzene rings is 1. The molecule has 0 N–H and O–H groups in total. The first-order valence-corrected chi connectivity index (χ1v) is 15.2. The van der Waals surface area contributed by atoms with E-state index in [1.165, 1.54) is 96.3 Å². The summed E-state index contributed by atoms with van der Waals surface area (Å²) in [5.41, 5.74) is 1.15. The molecule has 2 rings (SSSR count). The number of methoxy groups -OCH3 is 2. The molecule has 0 bridgehead atoms. The molecule has 0 amide bonds. The van der Waals surface area contributed by atoms with Crippen molar-refractivity contribution < 1.29 is 23.7 Å². The van der Waals surface area contributed by atoms with Crippen LogP contribution in [-0.4, -0.2) is 52.0 Å². The van der Waals surface area contributed by atoms with Gasteiger partial charge in [-0.25, -0.2) is 0 Å². The van der Waals surface area contributed by atoms with Gasteiger partial charge in [0.2, 0.25) is 0 Å². The first kappa shape index (κ1) is 32.2. The van der Waals surface area contributed by atoms with E-state index in [2.05, 4.69) is 19.1 Å². The third-order valence-electron chi connectivity index (χ3n) is 7.47. The second kappa shape index (κ2) is 21.9. The molecule has 0 aliphatic carbocycles. The van der Waals surface area contributed by atoms with Crippen molar-refractivity contribution in [3.63, 3.8) is 0 Å². The minimum Gasteiger partial charge on any atom is -0.376 e. The van der Waals surface area contributed by atoms with Crippen LogP contribution in [0.3, 0.4) is 0 Å². The number of hydrogen-bond donors (Lipinski definition) is 0. The van der Waals surface area contributed by atoms with Crippen LogP contribution in [0, 0.1) is 0 Å². The highest BCUT2D eigenvalue weighted by molar-refractivity contribution is 5.13. The highest BCUT2D eigenvalue weighted by Crippen LogP contribution is 2.27. The molecule has 0 spiro atoms. The van der Waals surface area contributed by atoms with Gasteiger partial charge in [-0.15, -0.1) is 0 Å². The lowest BCUT2D eigenvalue weighted by Crippen LogP contribution is -2.39. The average Bonchev–Trinajstić information content (AvgIpc) is 3.27. The van der Waals surface area contributed by atoms with Crippen molar-refractivity contribution >= 4 is 0 Å². The van der Waals surface area contributed by atoms with E-state index in [9.17, 15) is 0 Å². The van der Waals surface area contributed by atoms with Gasteiger partial charge in [0.25, 0.3) is 0 Å². The van der Waals surface area contributed by atoms with E-state index in [4.69, 9.17) is 23.7 Å². The highest BCUT2D eigenvalue weighted by Gasteiger charge is 2.46. The molecule has 0 saturated carbocycles. The zero-order valence-electron chi connectivity index (χ0n) is 24.2. The maximum absolute atomic E-state index is 6.19. The topological polar surface area (TPSA) is 46.2 Å².